The average molecular weight is 463 g/mol. The van der Waals surface area contributed by atoms with E-state index >= 15 is 0 Å². The van der Waals surface area contributed by atoms with Crippen LogP contribution in [0.15, 0.2) is 35.2 Å². The second kappa shape index (κ2) is 11.5. The predicted molar refractivity (Wildman–Crippen MR) is 127 cm³/mol. The van der Waals surface area contributed by atoms with Gasteiger partial charge in [-0.15, -0.1) is 0 Å². The van der Waals surface area contributed by atoms with E-state index in [2.05, 4.69) is 18.7 Å². The fourth-order valence-corrected chi connectivity index (χ4v) is 4.46. The van der Waals surface area contributed by atoms with Crippen molar-refractivity contribution in [1.29, 1.82) is 0 Å². The van der Waals surface area contributed by atoms with E-state index in [4.69, 9.17) is 14.2 Å². The molecule has 0 fully saturated rings. The van der Waals surface area contributed by atoms with Crippen LogP contribution in [0.4, 0.5) is 5.69 Å². The fraction of sp³-hybridized carbons (Fsp3) is 0.500. The Morgan fingerprint density at radius 2 is 1.72 bits per heavy atom. The smallest absolute Gasteiger partial charge is 0.231 e. The molecular weight excluding hydrogens is 428 g/mol. The van der Waals surface area contributed by atoms with Gasteiger partial charge in [0.1, 0.15) is 16.7 Å². The quantitative estimate of drug-likeness (QED) is 0.493. The lowest BCUT2D eigenvalue weighted by Gasteiger charge is -2.29. The molecule has 0 saturated heterocycles. The number of aliphatic hydroxyl groups excluding tert-OH is 1. The molecule has 0 amide bonds. The van der Waals surface area contributed by atoms with Gasteiger partial charge in [0.25, 0.3) is 0 Å². The van der Waals surface area contributed by atoms with Crippen LogP contribution in [0.3, 0.4) is 0 Å². The van der Waals surface area contributed by atoms with Crippen LogP contribution in [0, 0.1) is 0 Å². The number of fused-ring (bicyclic) bond motifs is 1. The SMILES string of the molecule is CCCCN(CCCC)c1cc(CO)cc(S(=O)N(C)C)c1Oc1ccc2c(c1)OCO2. The third-order valence-corrected chi connectivity index (χ3v) is 6.61. The summed E-state index contributed by atoms with van der Waals surface area (Å²) in [6, 6.07) is 9.14. The lowest BCUT2D eigenvalue weighted by Crippen LogP contribution is -2.27. The molecule has 1 heterocycles. The average Bonchev–Trinajstić information content (AvgIpc) is 3.27. The Balaban J connectivity index is 2.11. The van der Waals surface area contributed by atoms with Crippen molar-refractivity contribution >= 4 is 16.7 Å². The molecule has 1 aliphatic rings. The zero-order chi connectivity index (χ0) is 23.1. The number of unbranched alkanes of at least 4 members (excludes halogenated alkanes) is 2. The normalized spacial score (nSPS) is 13.4. The number of hydrogen-bond donors (Lipinski definition) is 1. The van der Waals surface area contributed by atoms with Crippen LogP contribution in [-0.4, -0.2) is 47.6 Å². The van der Waals surface area contributed by atoms with Crippen LogP contribution >= 0.6 is 0 Å². The van der Waals surface area contributed by atoms with E-state index < -0.39 is 11.0 Å². The molecule has 2 aromatic rings. The van der Waals surface area contributed by atoms with Gasteiger partial charge in [-0.1, -0.05) is 26.7 Å². The Labute approximate surface area is 193 Å². The lowest BCUT2D eigenvalue weighted by molar-refractivity contribution is 0.174. The molecule has 32 heavy (non-hydrogen) atoms. The third-order valence-electron chi connectivity index (χ3n) is 5.27. The molecule has 7 nitrogen and oxygen atoms in total. The molecule has 0 saturated carbocycles. The van der Waals surface area contributed by atoms with Gasteiger partial charge in [0.15, 0.2) is 17.2 Å². The van der Waals surface area contributed by atoms with Gasteiger partial charge >= 0.3 is 0 Å². The van der Waals surface area contributed by atoms with Gasteiger partial charge in [-0.3, -0.25) is 0 Å². The molecule has 1 unspecified atom stereocenters. The monoisotopic (exact) mass is 462 g/mol. The summed E-state index contributed by atoms with van der Waals surface area (Å²) in [5, 5.41) is 9.92. The maximum Gasteiger partial charge on any atom is 0.231 e. The molecule has 2 aromatic carbocycles. The number of aliphatic hydroxyl groups is 1. The summed E-state index contributed by atoms with van der Waals surface area (Å²) in [6.07, 6.45) is 4.19. The van der Waals surface area contributed by atoms with Crippen LogP contribution in [-0.2, 0) is 17.6 Å². The zero-order valence-electron chi connectivity index (χ0n) is 19.4. The van der Waals surface area contributed by atoms with E-state index in [0.717, 1.165) is 44.5 Å². The minimum atomic E-state index is -1.46. The molecule has 0 aromatic heterocycles. The van der Waals surface area contributed by atoms with Crippen LogP contribution in [0.5, 0.6) is 23.0 Å². The summed E-state index contributed by atoms with van der Waals surface area (Å²) in [5.74, 6) is 2.42. The van der Waals surface area contributed by atoms with Gasteiger partial charge in [0.2, 0.25) is 6.79 Å². The summed E-state index contributed by atoms with van der Waals surface area (Å²) >= 11 is 0. The second-order valence-electron chi connectivity index (χ2n) is 7.97. The van der Waals surface area contributed by atoms with Crippen molar-refractivity contribution in [2.24, 2.45) is 0 Å². The summed E-state index contributed by atoms with van der Waals surface area (Å²) in [5.41, 5.74) is 1.56. The number of anilines is 1. The maximum atomic E-state index is 13.2. The van der Waals surface area contributed by atoms with E-state index in [9.17, 15) is 9.32 Å². The van der Waals surface area contributed by atoms with Crippen LogP contribution < -0.4 is 19.1 Å². The van der Waals surface area contributed by atoms with Gasteiger partial charge in [0.05, 0.1) is 17.2 Å². The predicted octanol–water partition coefficient (Wildman–Crippen LogP) is 4.69. The van der Waals surface area contributed by atoms with Crippen molar-refractivity contribution in [3.05, 3.63) is 35.9 Å². The van der Waals surface area contributed by atoms with Crippen molar-refractivity contribution in [3.8, 4) is 23.0 Å². The molecule has 1 N–H and O–H groups in total. The number of benzene rings is 2. The second-order valence-corrected chi connectivity index (χ2v) is 9.64. The molecule has 0 spiro atoms. The van der Waals surface area contributed by atoms with Gasteiger partial charge < -0.3 is 24.2 Å². The largest absolute Gasteiger partial charge is 0.454 e. The highest BCUT2D eigenvalue weighted by Crippen LogP contribution is 2.42. The van der Waals surface area contributed by atoms with E-state index in [1.54, 1.807) is 30.5 Å². The Morgan fingerprint density at radius 1 is 1.03 bits per heavy atom. The Bertz CT molecular complexity index is 927. The number of nitrogens with zero attached hydrogens (tertiary/aromatic N) is 2. The standard InChI is InChI=1S/C24H34N2O5S/c1-5-7-11-26(12-8-6-2)20-13-18(16-27)14-23(32(28)25(3)4)24(20)31-19-9-10-21-22(15-19)30-17-29-21/h9-10,13-15,27H,5-8,11-12,16-17H2,1-4H3. The molecule has 3 rings (SSSR count). The zero-order valence-corrected chi connectivity index (χ0v) is 20.2. The Hall–Kier alpha value is -2.29. The first kappa shape index (κ1) is 24.4. The van der Waals surface area contributed by atoms with Gasteiger partial charge in [-0.05, 0) is 56.8 Å². The molecule has 176 valence electrons. The maximum absolute atomic E-state index is 13.2. The summed E-state index contributed by atoms with van der Waals surface area (Å²) in [6.45, 7) is 6.10. The van der Waals surface area contributed by atoms with Crippen molar-refractivity contribution in [2.45, 2.75) is 51.0 Å². The Morgan fingerprint density at radius 3 is 2.34 bits per heavy atom. The number of ether oxygens (including phenoxy) is 3. The van der Waals surface area contributed by atoms with Crippen molar-refractivity contribution in [1.82, 2.24) is 4.31 Å². The summed E-state index contributed by atoms with van der Waals surface area (Å²) in [7, 11) is 2.07. The first-order chi connectivity index (χ1) is 15.5. The number of rotatable bonds is 12. The topological polar surface area (TPSA) is 71.5 Å². The highest BCUT2D eigenvalue weighted by Gasteiger charge is 2.24. The highest BCUT2D eigenvalue weighted by atomic mass is 32.2. The van der Waals surface area contributed by atoms with E-state index in [0.29, 0.717) is 33.5 Å². The van der Waals surface area contributed by atoms with Gasteiger partial charge in [-0.2, -0.15) is 0 Å². The number of hydrogen-bond acceptors (Lipinski definition) is 6. The van der Waals surface area contributed by atoms with Crippen LogP contribution in [0.2, 0.25) is 0 Å². The first-order valence-corrected chi connectivity index (χ1v) is 12.3. The highest BCUT2D eigenvalue weighted by molar-refractivity contribution is 7.82. The molecule has 0 aliphatic carbocycles. The van der Waals surface area contributed by atoms with E-state index in [1.807, 2.05) is 18.2 Å². The van der Waals surface area contributed by atoms with Crippen LogP contribution in [0.1, 0.15) is 45.1 Å². The molecule has 0 radical (unpaired) electrons. The molecule has 0 bridgehead atoms. The minimum Gasteiger partial charge on any atom is -0.454 e. The molecule has 1 atom stereocenters. The molecule has 1 aliphatic heterocycles. The van der Waals surface area contributed by atoms with Crippen molar-refractivity contribution in [2.75, 3.05) is 38.9 Å². The van der Waals surface area contributed by atoms with E-state index in [-0.39, 0.29) is 13.4 Å². The van der Waals surface area contributed by atoms with Crippen molar-refractivity contribution in [3.63, 3.8) is 0 Å². The fourth-order valence-electron chi connectivity index (χ4n) is 3.51. The van der Waals surface area contributed by atoms with Crippen molar-refractivity contribution < 1.29 is 23.5 Å². The van der Waals surface area contributed by atoms with Gasteiger partial charge in [-0.25, -0.2) is 8.51 Å². The van der Waals surface area contributed by atoms with E-state index in [1.165, 1.54) is 0 Å². The molecular formula is C24H34N2O5S. The minimum absolute atomic E-state index is 0.135. The third kappa shape index (κ3) is 5.74. The van der Waals surface area contributed by atoms with Gasteiger partial charge in [0, 0.05) is 19.2 Å². The van der Waals surface area contributed by atoms with Crippen LogP contribution in [0.25, 0.3) is 0 Å². The lowest BCUT2D eigenvalue weighted by atomic mass is 10.1. The molecule has 8 heteroatoms. The summed E-state index contributed by atoms with van der Waals surface area (Å²) in [4.78, 5) is 2.82. The Kier molecular flexibility index (Phi) is 8.78. The summed E-state index contributed by atoms with van der Waals surface area (Å²) < 4.78 is 32.2. The first-order valence-electron chi connectivity index (χ1n) is 11.2.